The zero-order valence-electron chi connectivity index (χ0n) is 30.8. The van der Waals surface area contributed by atoms with Crippen molar-refractivity contribution in [3.8, 4) is 0 Å². The van der Waals surface area contributed by atoms with Crippen LogP contribution in [0.4, 0.5) is 0 Å². The first-order chi connectivity index (χ1) is 25.1. The average Bonchev–Trinajstić information content (AvgIpc) is 3.79. The van der Waals surface area contributed by atoms with E-state index >= 15 is 0 Å². The monoisotopic (exact) mass is 729 g/mol. The number of methoxy groups -OCH3 is 1. The molecule has 10 saturated heterocycles. The van der Waals surface area contributed by atoms with Crippen LogP contribution in [0, 0.1) is 11.8 Å². The van der Waals surface area contributed by atoms with Crippen molar-refractivity contribution in [1.29, 1.82) is 0 Å². The lowest BCUT2D eigenvalue weighted by atomic mass is 9.81. The summed E-state index contributed by atoms with van der Waals surface area (Å²) in [6.45, 7) is 11.3. The van der Waals surface area contributed by atoms with Crippen molar-refractivity contribution in [2.45, 2.75) is 194 Å². The Morgan fingerprint density at radius 1 is 0.808 bits per heavy atom. The van der Waals surface area contributed by atoms with Crippen LogP contribution in [0.25, 0.3) is 0 Å². The number of ketones is 1. The molecule has 290 valence electrons. The summed E-state index contributed by atoms with van der Waals surface area (Å²) in [6.07, 6.45) is 4.85. The Bertz CT molecular complexity index is 1380. The summed E-state index contributed by atoms with van der Waals surface area (Å²) < 4.78 is 60.0. The van der Waals surface area contributed by atoms with E-state index in [0.717, 1.165) is 56.1 Å². The van der Waals surface area contributed by atoms with E-state index in [0.29, 0.717) is 25.7 Å². The van der Waals surface area contributed by atoms with Crippen molar-refractivity contribution >= 4 is 5.78 Å². The van der Waals surface area contributed by atoms with E-state index in [9.17, 15) is 9.90 Å². The molecule has 10 heterocycles. The second kappa shape index (κ2) is 14.3. The fraction of sp³-hybridized carbons (Fsp3) is 0.875. The van der Waals surface area contributed by atoms with Gasteiger partial charge in [0, 0.05) is 58.1 Å². The lowest BCUT2D eigenvalue weighted by Gasteiger charge is -2.47. The highest BCUT2D eigenvalue weighted by Crippen LogP contribution is 2.54. The number of hydrogen-bond donors (Lipinski definition) is 2. The highest BCUT2D eigenvalue weighted by molar-refractivity contribution is 5.79. The Labute approximate surface area is 307 Å². The van der Waals surface area contributed by atoms with Gasteiger partial charge in [-0.15, -0.1) is 0 Å². The molecular formula is C40H59NO11. The molecule has 0 aliphatic carbocycles. The number of aliphatic hydroxyl groups excluding tert-OH is 1. The average molecular weight is 730 g/mol. The van der Waals surface area contributed by atoms with Crippen LogP contribution >= 0.6 is 0 Å². The summed E-state index contributed by atoms with van der Waals surface area (Å²) in [5.41, 5.74) is 8.01. The molecule has 3 N–H and O–H groups in total. The number of aliphatic hydroxyl groups is 1. The molecule has 10 aliphatic heterocycles. The third-order valence-corrected chi connectivity index (χ3v) is 14.0. The predicted octanol–water partition coefficient (Wildman–Crippen LogP) is 3.44. The summed E-state index contributed by atoms with van der Waals surface area (Å²) in [6, 6.07) is 0. The molecule has 10 rings (SSSR count). The van der Waals surface area contributed by atoms with E-state index in [1.54, 1.807) is 7.11 Å². The summed E-state index contributed by atoms with van der Waals surface area (Å²) in [7, 11) is 1.66. The number of rotatable bonds is 4. The predicted molar refractivity (Wildman–Crippen MR) is 186 cm³/mol. The molecule has 12 bridgehead atoms. The van der Waals surface area contributed by atoms with Crippen LogP contribution in [0.3, 0.4) is 0 Å². The normalized spacial score (nSPS) is 52.4. The van der Waals surface area contributed by atoms with Crippen molar-refractivity contribution < 1.29 is 52.5 Å². The molecule has 0 saturated carbocycles. The molecule has 12 nitrogen and oxygen atoms in total. The van der Waals surface area contributed by atoms with E-state index in [1.165, 1.54) is 0 Å². The molecule has 1 spiro atoms. The number of hydrogen-bond acceptors (Lipinski definition) is 12. The second-order valence-electron chi connectivity index (χ2n) is 17.4. The summed E-state index contributed by atoms with van der Waals surface area (Å²) in [4.78, 5) is 14.1. The van der Waals surface area contributed by atoms with E-state index in [1.807, 2.05) is 0 Å². The highest BCUT2D eigenvalue weighted by atomic mass is 16.8. The number of Topliss-reactive ketones (excluding diaryl/α,β-unsaturated/α-hetero) is 1. The molecule has 0 aromatic rings. The van der Waals surface area contributed by atoms with Crippen LogP contribution in [0.15, 0.2) is 24.3 Å². The molecule has 52 heavy (non-hydrogen) atoms. The Balaban J connectivity index is 0.994. The van der Waals surface area contributed by atoms with E-state index in [-0.39, 0.29) is 122 Å². The first-order valence-corrected chi connectivity index (χ1v) is 20.2. The Kier molecular flexibility index (Phi) is 10.0. The van der Waals surface area contributed by atoms with Gasteiger partial charge < -0.3 is 53.5 Å². The SMILES string of the molecule is C=C1C[C@@H]2CC[C@@]34C[C@H]5O[C@H]6C(O3)[C@H]3O[C@H](CC[C@@H]3O[C@H]6[C@H]5O4)CC(=O)C[C@@H]3[C@@H](OC)[C@@H](C[C@H](O)CN)O[C@H]3C[C@H]3O[C@@H](CC[C@@H]1O2)C[C@@H](C)C3=C. The van der Waals surface area contributed by atoms with Gasteiger partial charge in [-0.2, -0.15) is 0 Å². The van der Waals surface area contributed by atoms with Gasteiger partial charge in [0.2, 0.25) is 0 Å². The topological polar surface area (TPSA) is 146 Å². The van der Waals surface area contributed by atoms with Crippen molar-refractivity contribution in [3.05, 3.63) is 24.3 Å². The van der Waals surface area contributed by atoms with Gasteiger partial charge in [0.05, 0.1) is 67.1 Å². The molecule has 12 heteroatoms. The zero-order valence-corrected chi connectivity index (χ0v) is 30.8. The fourth-order valence-electron chi connectivity index (χ4n) is 11.3. The maximum Gasteiger partial charge on any atom is 0.172 e. The lowest BCUT2D eigenvalue weighted by molar-refractivity contribution is -0.292. The third-order valence-electron chi connectivity index (χ3n) is 14.0. The van der Waals surface area contributed by atoms with Crippen molar-refractivity contribution in [2.75, 3.05) is 13.7 Å². The van der Waals surface area contributed by atoms with E-state index < -0.39 is 18.0 Å². The van der Waals surface area contributed by atoms with Gasteiger partial charge in [0.25, 0.3) is 0 Å². The maximum atomic E-state index is 14.1. The van der Waals surface area contributed by atoms with Gasteiger partial charge >= 0.3 is 0 Å². The smallest absolute Gasteiger partial charge is 0.172 e. The number of carbonyl (C=O) groups excluding carboxylic acids is 1. The molecule has 0 aromatic heterocycles. The van der Waals surface area contributed by atoms with Gasteiger partial charge in [-0.05, 0) is 62.0 Å². The molecule has 0 aromatic carbocycles. The fourth-order valence-corrected chi connectivity index (χ4v) is 11.3. The Morgan fingerprint density at radius 3 is 2.38 bits per heavy atom. The van der Waals surface area contributed by atoms with Gasteiger partial charge in [0.1, 0.15) is 36.3 Å². The Hall–Kier alpha value is -1.29. The van der Waals surface area contributed by atoms with Crippen molar-refractivity contribution in [2.24, 2.45) is 17.6 Å². The van der Waals surface area contributed by atoms with Crippen LogP contribution in [0.5, 0.6) is 0 Å². The van der Waals surface area contributed by atoms with E-state index in [4.69, 9.17) is 48.4 Å². The van der Waals surface area contributed by atoms with Crippen LogP contribution in [-0.4, -0.2) is 128 Å². The minimum atomic E-state index is -0.780. The minimum Gasteiger partial charge on any atom is -0.392 e. The maximum absolute atomic E-state index is 14.1. The van der Waals surface area contributed by atoms with Crippen LogP contribution in [0.2, 0.25) is 0 Å². The second-order valence-corrected chi connectivity index (χ2v) is 17.4. The molecular weight excluding hydrogens is 670 g/mol. The van der Waals surface area contributed by atoms with Gasteiger partial charge in [0.15, 0.2) is 5.79 Å². The van der Waals surface area contributed by atoms with Crippen LogP contribution in [0.1, 0.15) is 90.4 Å². The largest absolute Gasteiger partial charge is 0.392 e. The highest BCUT2D eigenvalue weighted by Gasteiger charge is 2.68. The molecule has 0 amide bonds. The molecule has 0 radical (unpaired) electrons. The standard InChI is InChI=1S/C40H59NO11/c1-19-11-24-5-7-28-20(2)12-26(45-28)9-10-40-17-33-36(51-40)37-38(50-33)39(52-40)35-29(49-37)8-6-25(47-35)13-22(42)14-27-31(16-30(46-24)21(19)3)48-32(34(27)44-4)15-23(43)18-41/h19,23-39,43H,2-3,5-18,41H2,1,4H3/t19-,23+,24+,25-,26+,27+,28+,29+,30-,31+,32-,33-,34-,35+,36+,37+,38-,39?,40+/m1/s1. The number of nitrogens with two attached hydrogens (primary N) is 1. The summed E-state index contributed by atoms with van der Waals surface area (Å²) in [5.74, 6) is -0.619. The van der Waals surface area contributed by atoms with Gasteiger partial charge in [-0.25, -0.2) is 0 Å². The molecule has 19 atom stereocenters. The minimum absolute atomic E-state index is 0.0158. The zero-order chi connectivity index (χ0) is 35.9. The Morgan fingerprint density at radius 2 is 1.56 bits per heavy atom. The first kappa shape index (κ1) is 36.4. The van der Waals surface area contributed by atoms with Gasteiger partial charge in [-0.1, -0.05) is 20.1 Å². The first-order valence-electron chi connectivity index (χ1n) is 20.2. The summed E-state index contributed by atoms with van der Waals surface area (Å²) in [5, 5.41) is 10.5. The lowest BCUT2D eigenvalue weighted by Crippen LogP contribution is -2.61. The van der Waals surface area contributed by atoms with Crippen molar-refractivity contribution in [1.82, 2.24) is 0 Å². The van der Waals surface area contributed by atoms with Gasteiger partial charge in [-0.3, -0.25) is 4.79 Å². The summed E-state index contributed by atoms with van der Waals surface area (Å²) >= 11 is 0. The number of carbonyl (C=O) groups is 1. The number of fused-ring (bicyclic) bond motifs is 6. The molecule has 10 fully saturated rings. The van der Waals surface area contributed by atoms with Crippen molar-refractivity contribution in [3.63, 3.8) is 0 Å². The molecule has 1 unspecified atom stereocenters. The van der Waals surface area contributed by atoms with E-state index in [2.05, 4.69) is 20.1 Å². The quantitative estimate of drug-likeness (QED) is 0.409. The third kappa shape index (κ3) is 6.59. The van der Waals surface area contributed by atoms with Crippen LogP contribution in [-0.2, 0) is 47.4 Å². The molecule has 10 aliphatic rings. The number of ether oxygens (including phenoxy) is 9. The van der Waals surface area contributed by atoms with Crippen LogP contribution < -0.4 is 5.73 Å².